The molecular formula is C26H33N3O2S. The van der Waals surface area contributed by atoms with Gasteiger partial charge in [0, 0.05) is 25.3 Å². The molecule has 0 spiro atoms. The first-order valence-corrected chi connectivity index (χ1v) is 12.9. The molecule has 1 saturated heterocycles. The lowest BCUT2D eigenvalue weighted by Gasteiger charge is -2.27. The molecule has 0 bridgehead atoms. The maximum Gasteiger partial charge on any atom is 0.142 e. The van der Waals surface area contributed by atoms with E-state index in [1.807, 2.05) is 0 Å². The molecule has 1 atom stereocenters. The molecule has 3 heterocycles. The Labute approximate surface area is 195 Å². The van der Waals surface area contributed by atoms with Crippen LogP contribution in [0, 0.1) is 19.8 Å². The third-order valence-electron chi connectivity index (χ3n) is 6.73. The average molecular weight is 452 g/mol. The molecule has 32 heavy (non-hydrogen) atoms. The lowest BCUT2D eigenvalue weighted by Crippen LogP contribution is -2.34. The molecule has 2 fully saturated rings. The number of benzene rings is 1. The van der Waals surface area contributed by atoms with E-state index in [2.05, 4.69) is 59.9 Å². The van der Waals surface area contributed by atoms with Gasteiger partial charge in [0.15, 0.2) is 0 Å². The molecule has 1 aliphatic carbocycles. The Morgan fingerprint density at radius 1 is 1.16 bits per heavy atom. The van der Waals surface area contributed by atoms with E-state index in [0.717, 1.165) is 48.5 Å². The van der Waals surface area contributed by atoms with Crippen LogP contribution < -0.4 is 9.64 Å². The van der Waals surface area contributed by atoms with Gasteiger partial charge in [0.1, 0.15) is 10.8 Å². The summed E-state index contributed by atoms with van der Waals surface area (Å²) in [5.41, 5.74) is 7.21. The van der Waals surface area contributed by atoms with Crippen LogP contribution in [-0.2, 0) is 4.74 Å². The highest BCUT2D eigenvalue weighted by Gasteiger charge is 2.30. The number of nitrogens with zero attached hydrogens (tertiary/aromatic N) is 3. The number of aromatic nitrogens is 2. The molecule has 0 amide bonds. The summed E-state index contributed by atoms with van der Waals surface area (Å²) in [6, 6.07) is 10.8. The number of ether oxygens (including phenoxy) is 2. The number of pyridine rings is 1. The van der Waals surface area contributed by atoms with Crippen LogP contribution in [0.3, 0.4) is 0 Å². The van der Waals surface area contributed by atoms with Crippen LogP contribution in [0.25, 0.3) is 16.8 Å². The molecule has 1 saturated carbocycles. The largest absolute Gasteiger partial charge is 0.497 e. The summed E-state index contributed by atoms with van der Waals surface area (Å²) < 4.78 is 13.7. The second-order valence-electron chi connectivity index (χ2n) is 9.19. The maximum atomic E-state index is 6.03. The van der Waals surface area contributed by atoms with Crippen LogP contribution in [0.4, 0.5) is 5.69 Å². The van der Waals surface area contributed by atoms with Crippen LogP contribution in [-0.4, -0.2) is 48.8 Å². The van der Waals surface area contributed by atoms with Crippen molar-refractivity contribution in [2.45, 2.75) is 50.7 Å². The lowest BCUT2D eigenvalue weighted by molar-refractivity contribution is 0.115. The molecule has 6 heteroatoms. The standard InChI is InChI=1S/C26H33N3O2S/c1-17-13-21(30-3)14-18(2)24(17)22-8-5-9-23-25(26(32-4)27-29(22)23)28(15-19-10-11-19)16-20-7-6-12-31-20/h5,8-9,13-14,19-20H,6-7,10-12,15-16H2,1-4H3. The average Bonchev–Trinajstić information content (AvgIpc) is 3.30. The fraction of sp³-hybridized carbons (Fsp3) is 0.500. The zero-order valence-corrected chi connectivity index (χ0v) is 20.4. The van der Waals surface area contributed by atoms with E-state index >= 15 is 0 Å². The van der Waals surface area contributed by atoms with Gasteiger partial charge in [-0.1, -0.05) is 6.07 Å². The molecule has 0 N–H and O–H groups in total. The van der Waals surface area contributed by atoms with Crippen molar-refractivity contribution in [2.24, 2.45) is 5.92 Å². The molecule has 170 valence electrons. The van der Waals surface area contributed by atoms with Crippen LogP contribution in [0.1, 0.15) is 36.8 Å². The van der Waals surface area contributed by atoms with E-state index in [1.54, 1.807) is 18.9 Å². The maximum absolute atomic E-state index is 6.03. The van der Waals surface area contributed by atoms with E-state index in [-0.39, 0.29) is 0 Å². The van der Waals surface area contributed by atoms with Gasteiger partial charge >= 0.3 is 0 Å². The highest BCUT2D eigenvalue weighted by atomic mass is 32.2. The number of aryl methyl sites for hydroxylation is 2. The van der Waals surface area contributed by atoms with Crippen molar-refractivity contribution in [3.05, 3.63) is 41.5 Å². The highest BCUT2D eigenvalue weighted by molar-refractivity contribution is 7.98. The Kier molecular flexibility index (Phi) is 6.08. The van der Waals surface area contributed by atoms with Crippen molar-refractivity contribution >= 4 is 23.0 Å². The van der Waals surface area contributed by atoms with Crippen molar-refractivity contribution < 1.29 is 9.47 Å². The number of hydrogen-bond donors (Lipinski definition) is 0. The number of fused-ring (bicyclic) bond motifs is 1. The highest BCUT2D eigenvalue weighted by Crippen LogP contribution is 2.40. The minimum absolute atomic E-state index is 0.327. The topological polar surface area (TPSA) is 39.0 Å². The third-order valence-corrected chi connectivity index (χ3v) is 7.39. The van der Waals surface area contributed by atoms with Gasteiger partial charge in [-0.05, 0) is 87.1 Å². The Balaban J connectivity index is 1.63. The Hall–Kier alpha value is -2.18. The molecule has 0 radical (unpaired) electrons. The van der Waals surface area contributed by atoms with Gasteiger partial charge in [-0.2, -0.15) is 5.10 Å². The number of methoxy groups -OCH3 is 1. The fourth-order valence-electron chi connectivity index (χ4n) is 5.01. The number of rotatable bonds is 8. The molecule has 5 rings (SSSR count). The lowest BCUT2D eigenvalue weighted by atomic mass is 9.99. The molecule has 2 aliphatic rings. The van der Waals surface area contributed by atoms with Gasteiger partial charge < -0.3 is 14.4 Å². The fourth-order valence-corrected chi connectivity index (χ4v) is 5.60. The van der Waals surface area contributed by atoms with Crippen LogP contribution >= 0.6 is 11.8 Å². The molecule has 5 nitrogen and oxygen atoms in total. The van der Waals surface area contributed by atoms with Gasteiger partial charge in [0.2, 0.25) is 0 Å². The van der Waals surface area contributed by atoms with Gasteiger partial charge in [-0.3, -0.25) is 0 Å². The molecule has 2 aromatic heterocycles. The summed E-state index contributed by atoms with van der Waals surface area (Å²) in [5.74, 6) is 1.70. The normalized spacial score (nSPS) is 18.4. The van der Waals surface area contributed by atoms with Crippen molar-refractivity contribution in [2.75, 3.05) is 38.0 Å². The van der Waals surface area contributed by atoms with Crippen molar-refractivity contribution in [1.29, 1.82) is 0 Å². The quantitative estimate of drug-likeness (QED) is 0.408. The Morgan fingerprint density at radius 2 is 1.94 bits per heavy atom. The molecule has 1 aliphatic heterocycles. The molecular weight excluding hydrogens is 418 g/mol. The predicted octanol–water partition coefficient (Wildman–Crippen LogP) is 5.74. The van der Waals surface area contributed by atoms with Crippen LogP contribution in [0.15, 0.2) is 35.4 Å². The number of anilines is 1. The molecule has 1 unspecified atom stereocenters. The summed E-state index contributed by atoms with van der Waals surface area (Å²) in [4.78, 5) is 2.57. The van der Waals surface area contributed by atoms with Gasteiger partial charge in [-0.15, -0.1) is 11.8 Å². The monoisotopic (exact) mass is 451 g/mol. The minimum atomic E-state index is 0.327. The predicted molar refractivity (Wildman–Crippen MR) is 132 cm³/mol. The van der Waals surface area contributed by atoms with E-state index in [4.69, 9.17) is 14.6 Å². The Bertz CT molecular complexity index is 1090. The van der Waals surface area contributed by atoms with Gasteiger partial charge in [0.25, 0.3) is 0 Å². The third kappa shape index (κ3) is 4.11. The second kappa shape index (κ2) is 8.99. The first kappa shape index (κ1) is 21.7. The summed E-state index contributed by atoms with van der Waals surface area (Å²) >= 11 is 1.74. The first-order chi connectivity index (χ1) is 15.6. The number of hydrogen-bond acceptors (Lipinski definition) is 5. The molecule has 1 aromatic carbocycles. The van der Waals surface area contributed by atoms with Crippen LogP contribution in [0.2, 0.25) is 0 Å². The van der Waals surface area contributed by atoms with Crippen LogP contribution in [0.5, 0.6) is 5.75 Å². The zero-order chi connectivity index (χ0) is 22.2. The van der Waals surface area contributed by atoms with Crippen molar-refractivity contribution in [3.63, 3.8) is 0 Å². The van der Waals surface area contributed by atoms with E-state index in [1.165, 1.54) is 47.2 Å². The summed E-state index contributed by atoms with van der Waals surface area (Å²) in [7, 11) is 1.72. The van der Waals surface area contributed by atoms with E-state index in [9.17, 15) is 0 Å². The summed E-state index contributed by atoms with van der Waals surface area (Å²) in [6.07, 6.45) is 7.47. The van der Waals surface area contributed by atoms with Gasteiger partial charge in [0.05, 0.1) is 30.1 Å². The Morgan fingerprint density at radius 3 is 2.56 bits per heavy atom. The summed E-state index contributed by atoms with van der Waals surface area (Å²) in [6.45, 7) is 7.25. The second-order valence-corrected chi connectivity index (χ2v) is 9.98. The first-order valence-electron chi connectivity index (χ1n) is 11.7. The number of thioether (sulfide) groups is 1. The van der Waals surface area contributed by atoms with E-state index < -0.39 is 0 Å². The minimum Gasteiger partial charge on any atom is -0.497 e. The SMILES string of the molecule is COc1cc(C)c(-c2cccc3c(N(CC4CC4)CC4CCCO4)c(SC)nn23)c(C)c1. The summed E-state index contributed by atoms with van der Waals surface area (Å²) in [5, 5.41) is 6.22. The van der Waals surface area contributed by atoms with Crippen molar-refractivity contribution in [3.8, 4) is 17.0 Å². The smallest absolute Gasteiger partial charge is 0.142 e. The van der Waals surface area contributed by atoms with E-state index in [0.29, 0.717) is 6.10 Å². The zero-order valence-electron chi connectivity index (χ0n) is 19.6. The van der Waals surface area contributed by atoms with Gasteiger partial charge in [-0.25, -0.2) is 4.52 Å². The van der Waals surface area contributed by atoms with Crippen molar-refractivity contribution in [1.82, 2.24) is 9.61 Å². The molecule has 3 aromatic rings.